The number of nitrogens with one attached hydrogen (secondary N) is 1. The highest BCUT2D eigenvalue weighted by molar-refractivity contribution is 6.01. The first-order chi connectivity index (χ1) is 17.5. The van der Waals surface area contributed by atoms with E-state index in [1.165, 1.54) is 12.1 Å². The van der Waals surface area contributed by atoms with Gasteiger partial charge in [-0.2, -0.15) is 5.10 Å². The van der Waals surface area contributed by atoms with E-state index >= 15 is 0 Å². The van der Waals surface area contributed by atoms with Gasteiger partial charge < -0.3 is 10.2 Å². The van der Waals surface area contributed by atoms with Crippen molar-refractivity contribution in [1.82, 2.24) is 15.1 Å². The van der Waals surface area contributed by atoms with Crippen LogP contribution in [0, 0.1) is 11.7 Å². The van der Waals surface area contributed by atoms with Gasteiger partial charge in [0.1, 0.15) is 5.82 Å². The maximum atomic E-state index is 13.6. The Bertz CT molecular complexity index is 1450. The zero-order valence-electron chi connectivity index (χ0n) is 20.0. The number of fused-ring (bicyclic) bond motifs is 1. The molecule has 6 nitrogen and oxygen atoms in total. The number of aromatic nitrogens is 2. The van der Waals surface area contributed by atoms with Crippen LogP contribution in [0.15, 0.2) is 79.0 Å². The molecule has 1 saturated heterocycles. The third-order valence-corrected chi connectivity index (χ3v) is 7.56. The summed E-state index contributed by atoms with van der Waals surface area (Å²) in [4.78, 5) is 28.3. The molecule has 1 N–H and O–H groups in total. The molecular formula is C29H27FN4O2. The minimum absolute atomic E-state index is 0.0212. The summed E-state index contributed by atoms with van der Waals surface area (Å²) in [7, 11) is 0. The van der Waals surface area contributed by atoms with Gasteiger partial charge in [-0.1, -0.05) is 37.3 Å². The summed E-state index contributed by atoms with van der Waals surface area (Å²) in [5, 5.41) is 8.61. The van der Waals surface area contributed by atoms with Crippen molar-refractivity contribution in [1.29, 1.82) is 0 Å². The highest BCUT2D eigenvalue weighted by Gasteiger charge is 2.54. The van der Waals surface area contributed by atoms with Crippen LogP contribution < -0.4 is 10.2 Å². The van der Waals surface area contributed by atoms with Crippen molar-refractivity contribution in [2.75, 3.05) is 4.90 Å². The number of nitrogens with zero attached hydrogens (tertiary/aromatic N) is 3. The maximum Gasteiger partial charge on any atom is 0.230 e. The third kappa shape index (κ3) is 3.58. The quantitative estimate of drug-likeness (QED) is 0.416. The fourth-order valence-corrected chi connectivity index (χ4v) is 5.61. The molecule has 2 heterocycles. The summed E-state index contributed by atoms with van der Waals surface area (Å²) in [5.41, 5.74) is 2.68. The molecule has 0 bridgehead atoms. The SMILES string of the molecule is CC[C@@]1(c2ccccc2)C(NC(=O)C2CC2)CC(=O)N1c1ccc2c(cnn2-c2ccc(F)cc2)c1. The molecule has 1 aromatic heterocycles. The topological polar surface area (TPSA) is 67.2 Å². The Morgan fingerprint density at radius 3 is 2.47 bits per heavy atom. The zero-order chi connectivity index (χ0) is 24.9. The minimum Gasteiger partial charge on any atom is -0.350 e. The highest BCUT2D eigenvalue weighted by Crippen LogP contribution is 2.46. The number of carbonyl (C=O) groups is 2. The van der Waals surface area contributed by atoms with Crippen LogP contribution in [0.5, 0.6) is 0 Å². The Morgan fingerprint density at radius 2 is 1.78 bits per heavy atom. The van der Waals surface area contributed by atoms with E-state index in [1.807, 2.05) is 53.4 Å². The second-order valence-corrected chi connectivity index (χ2v) is 9.69. The van der Waals surface area contributed by atoms with Crippen LogP contribution in [0.4, 0.5) is 10.1 Å². The van der Waals surface area contributed by atoms with E-state index < -0.39 is 5.54 Å². The van der Waals surface area contributed by atoms with Gasteiger partial charge in [0, 0.05) is 17.0 Å². The van der Waals surface area contributed by atoms with Gasteiger partial charge in [0.15, 0.2) is 0 Å². The van der Waals surface area contributed by atoms with Crippen molar-refractivity contribution in [3.05, 3.63) is 90.4 Å². The number of carbonyl (C=O) groups excluding carboxylic acids is 2. The Hall–Kier alpha value is -4.00. The molecule has 7 heteroatoms. The van der Waals surface area contributed by atoms with Crippen LogP contribution in [-0.2, 0) is 15.1 Å². The molecule has 182 valence electrons. The van der Waals surface area contributed by atoms with Gasteiger partial charge in [-0.15, -0.1) is 0 Å². The standard InChI is InChI=1S/C29H27FN4O2/c1-2-29(21-6-4-3-5-7-21)26(32-28(36)19-8-9-19)17-27(35)33(29)24-14-15-25-20(16-24)18-31-34(25)23-12-10-22(30)11-13-23/h3-7,10-16,18-19,26H,2,8-9,17H2,1H3,(H,32,36)/t26?,29-/m1/s1. The van der Waals surface area contributed by atoms with Gasteiger partial charge in [0.25, 0.3) is 0 Å². The van der Waals surface area contributed by atoms with Gasteiger partial charge in [-0.25, -0.2) is 9.07 Å². The number of halogens is 1. The first-order valence-corrected chi connectivity index (χ1v) is 12.4. The molecule has 1 unspecified atom stereocenters. The summed E-state index contributed by atoms with van der Waals surface area (Å²) in [6.45, 7) is 2.07. The Kier molecular flexibility index (Phi) is 5.36. The first-order valence-electron chi connectivity index (χ1n) is 12.4. The Morgan fingerprint density at radius 1 is 1.06 bits per heavy atom. The van der Waals surface area contributed by atoms with Crippen LogP contribution in [0.1, 0.15) is 38.2 Å². The van der Waals surface area contributed by atoms with Crippen molar-refractivity contribution in [2.24, 2.45) is 5.92 Å². The molecule has 4 aromatic rings. The summed E-state index contributed by atoms with van der Waals surface area (Å²) in [5.74, 6) is -0.218. The van der Waals surface area contributed by atoms with E-state index in [0.29, 0.717) is 6.42 Å². The molecule has 0 radical (unpaired) electrons. The van der Waals surface area contributed by atoms with E-state index in [1.54, 1.807) is 23.0 Å². The van der Waals surface area contributed by atoms with Crippen molar-refractivity contribution < 1.29 is 14.0 Å². The molecule has 1 aliphatic heterocycles. The number of benzene rings is 3. The number of rotatable bonds is 6. The second-order valence-electron chi connectivity index (χ2n) is 9.69. The molecule has 6 rings (SSSR count). The zero-order valence-corrected chi connectivity index (χ0v) is 20.0. The average molecular weight is 483 g/mol. The monoisotopic (exact) mass is 482 g/mol. The van der Waals surface area contributed by atoms with E-state index in [0.717, 1.165) is 40.7 Å². The molecule has 2 atom stereocenters. The minimum atomic E-state index is -0.705. The largest absolute Gasteiger partial charge is 0.350 e. The smallest absolute Gasteiger partial charge is 0.230 e. The van der Waals surface area contributed by atoms with Crippen LogP contribution in [0.25, 0.3) is 16.6 Å². The lowest BCUT2D eigenvalue weighted by atomic mass is 9.80. The number of amides is 2. The Labute approximate surface area is 208 Å². The predicted octanol–water partition coefficient (Wildman–Crippen LogP) is 5.10. The van der Waals surface area contributed by atoms with Crippen LogP contribution in [-0.4, -0.2) is 27.6 Å². The summed E-state index contributed by atoms with van der Waals surface area (Å²) in [6, 6.07) is 21.7. The van der Waals surface area contributed by atoms with Gasteiger partial charge in [-0.3, -0.25) is 9.59 Å². The molecule has 2 aliphatic rings. The molecular weight excluding hydrogens is 455 g/mol. The van der Waals surface area contributed by atoms with E-state index in [-0.39, 0.29) is 36.0 Å². The summed E-state index contributed by atoms with van der Waals surface area (Å²) >= 11 is 0. The molecule has 1 aliphatic carbocycles. The molecule has 1 saturated carbocycles. The van der Waals surface area contributed by atoms with Gasteiger partial charge in [0.05, 0.1) is 35.4 Å². The molecule has 0 spiro atoms. The Balaban J connectivity index is 1.44. The molecule has 2 fully saturated rings. The fraction of sp³-hybridized carbons (Fsp3) is 0.276. The van der Waals surface area contributed by atoms with Gasteiger partial charge in [0.2, 0.25) is 11.8 Å². The highest BCUT2D eigenvalue weighted by atomic mass is 19.1. The third-order valence-electron chi connectivity index (χ3n) is 7.56. The maximum absolute atomic E-state index is 13.6. The van der Waals surface area contributed by atoms with E-state index in [2.05, 4.69) is 17.3 Å². The average Bonchev–Trinajstić information content (AvgIpc) is 3.61. The summed E-state index contributed by atoms with van der Waals surface area (Å²) < 4.78 is 15.2. The van der Waals surface area contributed by atoms with Crippen molar-refractivity contribution in [3.8, 4) is 5.69 Å². The second kappa shape index (κ2) is 8.59. The van der Waals surface area contributed by atoms with E-state index in [4.69, 9.17) is 0 Å². The lowest BCUT2D eigenvalue weighted by molar-refractivity contribution is -0.123. The molecule has 36 heavy (non-hydrogen) atoms. The molecule has 3 aromatic carbocycles. The first kappa shape index (κ1) is 22.5. The lowest BCUT2D eigenvalue weighted by Crippen LogP contribution is -2.54. The lowest BCUT2D eigenvalue weighted by Gasteiger charge is -2.42. The van der Waals surface area contributed by atoms with Crippen molar-refractivity contribution >= 4 is 28.4 Å². The fourth-order valence-electron chi connectivity index (χ4n) is 5.61. The normalized spacial score (nSPS) is 21.8. The summed E-state index contributed by atoms with van der Waals surface area (Å²) in [6.07, 6.45) is 4.47. The molecule has 2 amide bonds. The van der Waals surface area contributed by atoms with Gasteiger partial charge >= 0.3 is 0 Å². The van der Waals surface area contributed by atoms with E-state index in [9.17, 15) is 14.0 Å². The van der Waals surface area contributed by atoms with Crippen LogP contribution in [0.3, 0.4) is 0 Å². The van der Waals surface area contributed by atoms with Crippen molar-refractivity contribution in [3.63, 3.8) is 0 Å². The van der Waals surface area contributed by atoms with Crippen LogP contribution >= 0.6 is 0 Å². The van der Waals surface area contributed by atoms with Gasteiger partial charge in [-0.05, 0) is 67.3 Å². The number of hydrogen-bond acceptors (Lipinski definition) is 3. The number of hydrogen-bond donors (Lipinski definition) is 1. The number of anilines is 1. The van der Waals surface area contributed by atoms with Crippen molar-refractivity contribution in [2.45, 2.75) is 44.2 Å². The predicted molar refractivity (Wildman–Crippen MR) is 136 cm³/mol. The van der Waals surface area contributed by atoms with Crippen LogP contribution in [0.2, 0.25) is 0 Å².